The Morgan fingerprint density at radius 2 is 1.47 bits per heavy atom. The molecule has 1 aromatic rings. The van der Waals surface area contributed by atoms with Gasteiger partial charge in [-0.3, -0.25) is 14.5 Å². The lowest BCUT2D eigenvalue weighted by Crippen LogP contribution is -2.32. The smallest absolute Gasteiger partial charge is 0.237 e. The van der Waals surface area contributed by atoms with Gasteiger partial charge in [-0.2, -0.15) is 0 Å². The molecular weight excluding hydrogens is 238 g/mol. The lowest BCUT2D eigenvalue weighted by atomic mass is 9.81. The molecule has 0 radical (unpaired) electrons. The average molecular weight is 255 g/mol. The SMILES string of the molecule is Cc1ccc(N2C(=O)[C@@H]3[C@H]4CC[C@@H](C4)[C@@H]3C2=O)cc1. The largest absolute Gasteiger partial charge is 0.274 e. The van der Waals surface area contributed by atoms with E-state index in [0.29, 0.717) is 11.8 Å². The molecule has 0 unspecified atom stereocenters. The quantitative estimate of drug-likeness (QED) is 0.723. The van der Waals surface area contributed by atoms with E-state index in [4.69, 9.17) is 0 Å². The number of hydrogen-bond donors (Lipinski definition) is 0. The van der Waals surface area contributed by atoms with Crippen LogP contribution in [-0.2, 0) is 9.59 Å². The minimum atomic E-state index is -0.0208. The second-order valence-electron chi connectivity index (χ2n) is 6.23. The molecule has 4 atom stereocenters. The fourth-order valence-corrected chi connectivity index (χ4v) is 4.36. The number of benzene rings is 1. The molecule has 2 amide bonds. The Morgan fingerprint density at radius 1 is 0.947 bits per heavy atom. The van der Waals surface area contributed by atoms with E-state index in [-0.39, 0.29) is 23.7 Å². The van der Waals surface area contributed by atoms with Crippen LogP contribution in [-0.4, -0.2) is 11.8 Å². The number of amides is 2. The van der Waals surface area contributed by atoms with Gasteiger partial charge in [-0.25, -0.2) is 0 Å². The van der Waals surface area contributed by atoms with Gasteiger partial charge in [0.25, 0.3) is 0 Å². The first kappa shape index (κ1) is 11.2. The molecule has 4 rings (SSSR count). The highest BCUT2D eigenvalue weighted by atomic mass is 16.2. The number of carbonyl (C=O) groups is 2. The van der Waals surface area contributed by atoms with Crippen LogP contribution in [0.25, 0.3) is 0 Å². The van der Waals surface area contributed by atoms with Gasteiger partial charge < -0.3 is 0 Å². The highest BCUT2D eigenvalue weighted by Gasteiger charge is 2.61. The molecule has 1 heterocycles. The minimum absolute atomic E-state index is 0.0208. The van der Waals surface area contributed by atoms with Crippen LogP contribution in [0, 0.1) is 30.6 Å². The second kappa shape index (κ2) is 3.69. The molecule has 0 N–H and O–H groups in total. The number of aryl methyl sites for hydroxylation is 1. The van der Waals surface area contributed by atoms with E-state index in [1.165, 1.54) is 4.90 Å². The first-order valence-electron chi connectivity index (χ1n) is 7.11. The van der Waals surface area contributed by atoms with Gasteiger partial charge in [0.2, 0.25) is 11.8 Å². The molecule has 2 aliphatic carbocycles. The van der Waals surface area contributed by atoms with Gasteiger partial charge in [-0.1, -0.05) is 17.7 Å². The Morgan fingerprint density at radius 3 is 2.00 bits per heavy atom. The zero-order valence-corrected chi connectivity index (χ0v) is 11.0. The van der Waals surface area contributed by atoms with Crippen molar-refractivity contribution in [2.45, 2.75) is 26.2 Å². The molecule has 1 saturated heterocycles. The maximum atomic E-state index is 12.6. The van der Waals surface area contributed by atoms with Crippen molar-refractivity contribution in [1.29, 1.82) is 0 Å². The number of imide groups is 1. The molecule has 0 spiro atoms. The van der Waals surface area contributed by atoms with Crippen LogP contribution < -0.4 is 4.90 Å². The first-order chi connectivity index (χ1) is 9.16. The number of nitrogens with zero attached hydrogens (tertiary/aromatic N) is 1. The normalized spacial score (nSPS) is 36.2. The number of fused-ring (bicyclic) bond motifs is 5. The molecule has 1 aromatic carbocycles. The summed E-state index contributed by atoms with van der Waals surface area (Å²) in [4.78, 5) is 26.6. The predicted octanol–water partition coefficient (Wildman–Crippen LogP) is 2.53. The van der Waals surface area contributed by atoms with Crippen LogP contribution in [0.2, 0.25) is 0 Å². The predicted molar refractivity (Wildman–Crippen MR) is 71.5 cm³/mol. The van der Waals surface area contributed by atoms with E-state index in [1.54, 1.807) is 0 Å². The number of anilines is 1. The third-order valence-electron chi connectivity index (χ3n) is 5.22. The lowest BCUT2D eigenvalue weighted by molar-refractivity contribution is -0.123. The standard InChI is InChI=1S/C16H17NO2/c1-9-2-6-12(7-3-9)17-15(18)13-10-4-5-11(8-10)14(13)16(17)19/h2-3,6-7,10-11,13-14H,4-5,8H2,1H3/t10-,11-,13-,14+/m0/s1. The number of carbonyl (C=O) groups excluding carboxylic acids is 2. The molecule has 3 nitrogen and oxygen atoms in total. The van der Waals surface area contributed by atoms with Crippen molar-refractivity contribution in [3.8, 4) is 0 Å². The molecule has 1 aliphatic heterocycles. The molecule has 3 heteroatoms. The van der Waals surface area contributed by atoms with E-state index in [9.17, 15) is 9.59 Å². The molecule has 0 aromatic heterocycles. The Hall–Kier alpha value is -1.64. The number of hydrogen-bond acceptors (Lipinski definition) is 2. The maximum Gasteiger partial charge on any atom is 0.237 e. The Bertz CT molecular complexity index is 535. The van der Waals surface area contributed by atoms with Crippen LogP contribution in [0.15, 0.2) is 24.3 Å². The van der Waals surface area contributed by atoms with Crippen molar-refractivity contribution in [3.63, 3.8) is 0 Å². The van der Waals surface area contributed by atoms with E-state index >= 15 is 0 Å². The van der Waals surface area contributed by atoms with E-state index in [0.717, 1.165) is 30.5 Å². The fraction of sp³-hybridized carbons (Fsp3) is 0.500. The maximum absolute atomic E-state index is 12.6. The van der Waals surface area contributed by atoms with Crippen LogP contribution in [0.3, 0.4) is 0 Å². The number of rotatable bonds is 1. The topological polar surface area (TPSA) is 37.4 Å². The fourth-order valence-electron chi connectivity index (χ4n) is 4.36. The van der Waals surface area contributed by atoms with Crippen LogP contribution in [0.4, 0.5) is 5.69 Å². The van der Waals surface area contributed by atoms with Gasteiger partial charge in [-0.05, 0) is 50.2 Å². The molecule has 3 fully saturated rings. The minimum Gasteiger partial charge on any atom is -0.274 e. The van der Waals surface area contributed by atoms with Crippen molar-refractivity contribution in [2.24, 2.45) is 23.7 Å². The van der Waals surface area contributed by atoms with Crippen molar-refractivity contribution in [2.75, 3.05) is 4.90 Å². The summed E-state index contributed by atoms with van der Waals surface area (Å²) in [5.41, 5.74) is 1.89. The molecule has 3 aliphatic rings. The van der Waals surface area contributed by atoms with E-state index in [1.807, 2.05) is 31.2 Å². The van der Waals surface area contributed by atoms with Crippen molar-refractivity contribution >= 4 is 17.5 Å². The zero-order chi connectivity index (χ0) is 13.1. The van der Waals surface area contributed by atoms with Crippen LogP contribution in [0.5, 0.6) is 0 Å². The van der Waals surface area contributed by atoms with Crippen molar-refractivity contribution in [1.82, 2.24) is 0 Å². The van der Waals surface area contributed by atoms with Crippen molar-refractivity contribution < 1.29 is 9.59 Å². The van der Waals surface area contributed by atoms with Crippen LogP contribution in [0.1, 0.15) is 24.8 Å². The Kier molecular flexibility index (Phi) is 2.17. The third-order valence-corrected chi connectivity index (χ3v) is 5.22. The zero-order valence-electron chi connectivity index (χ0n) is 11.0. The molecule has 19 heavy (non-hydrogen) atoms. The van der Waals surface area contributed by atoms with Gasteiger partial charge in [0.1, 0.15) is 0 Å². The van der Waals surface area contributed by atoms with Gasteiger partial charge in [0.05, 0.1) is 17.5 Å². The summed E-state index contributed by atoms with van der Waals surface area (Å²) < 4.78 is 0. The van der Waals surface area contributed by atoms with Gasteiger partial charge in [0.15, 0.2) is 0 Å². The van der Waals surface area contributed by atoms with E-state index < -0.39 is 0 Å². The monoisotopic (exact) mass is 255 g/mol. The average Bonchev–Trinajstić information content (AvgIpc) is 3.06. The van der Waals surface area contributed by atoms with Crippen LogP contribution >= 0.6 is 0 Å². The molecular formula is C16H17NO2. The van der Waals surface area contributed by atoms with Gasteiger partial charge in [0, 0.05) is 0 Å². The Labute approximate surface area is 112 Å². The summed E-state index contributed by atoms with van der Waals surface area (Å²) in [5, 5.41) is 0. The summed E-state index contributed by atoms with van der Waals surface area (Å²) in [5.74, 6) is 0.973. The summed E-state index contributed by atoms with van der Waals surface area (Å²) in [6, 6.07) is 7.68. The highest BCUT2D eigenvalue weighted by molar-refractivity contribution is 6.22. The third kappa shape index (κ3) is 1.38. The second-order valence-corrected chi connectivity index (χ2v) is 6.23. The summed E-state index contributed by atoms with van der Waals surface area (Å²) in [6.07, 6.45) is 3.35. The van der Waals surface area contributed by atoms with Gasteiger partial charge in [-0.15, -0.1) is 0 Å². The molecule has 2 saturated carbocycles. The molecule has 98 valence electrons. The summed E-state index contributed by atoms with van der Waals surface area (Å²) in [6.45, 7) is 2.01. The van der Waals surface area contributed by atoms with Crippen molar-refractivity contribution in [3.05, 3.63) is 29.8 Å². The van der Waals surface area contributed by atoms with Gasteiger partial charge >= 0.3 is 0 Å². The first-order valence-corrected chi connectivity index (χ1v) is 7.11. The highest BCUT2D eigenvalue weighted by Crippen LogP contribution is 2.56. The summed E-state index contributed by atoms with van der Waals surface area (Å²) >= 11 is 0. The molecule has 2 bridgehead atoms. The lowest BCUT2D eigenvalue weighted by Gasteiger charge is -2.19. The summed E-state index contributed by atoms with van der Waals surface area (Å²) in [7, 11) is 0. The van der Waals surface area contributed by atoms with E-state index in [2.05, 4.69) is 0 Å². The Balaban J connectivity index is 1.73.